The van der Waals surface area contributed by atoms with Crippen LogP contribution in [0, 0.1) is 0 Å². The molecule has 0 aromatic rings. The molecule has 0 aliphatic heterocycles. The van der Waals surface area contributed by atoms with Crippen molar-refractivity contribution in [3.63, 3.8) is 0 Å². The van der Waals surface area contributed by atoms with Crippen molar-refractivity contribution in [3.05, 3.63) is 0 Å². The summed E-state index contributed by atoms with van der Waals surface area (Å²) in [7, 11) is 6.02. The Hall–Kier alpha value is -1.26. The molecule has 0 heterocycles. The summed E-state index contributed by atoms with van der Waals surface area (Å²) in [4.78, 5) is 23.8. The molecule has 5 heteroatoms. The summed E-state index contributed by atoms with van der Waals surface area (Å²) in [6, 6.07) is 0. The standard InChI is InChI=1S/C6H12N2O3/c1-7(2)5(9)11-6(10)8(3)4/h1-4H3. The SMILES string of the molecule is CN(C)C(=O)OC(=O)N(C)C. The second-order valence-electron chi connectivity index (χ2n) is 2.42. The van der Waals surface area contributed by atoms with Gasteiger partial charge >= 0.3 is 12.2 Å². The van der Waals surface area contributed by atoms with E-state index in [1.165, 1.54) is 38.0 Å². The van der Waals surface area contributed by atoms with E-state index in [-0.39, 0.29) is 0 Å². The summed E-state index contributed by atoms with van der Waals surface area (Å²) in [6.07, 6.45) is -1.33. The fourth-order valence-electron chi connectivity index (χ4n) is 0.257. The molecule has 0 fully saturated rings. The van der Waals surface area contributed by atoms with E-state index < -0.39 is 12.2 Å². The zero-order chi connectivity index (χ0) is 9.02. The molecule has 0 saturated carbocycles. The van der Waals surface area contributed by atoms with E-state index in [0.29, 0.717) is 0 Å². The fraction of sp³-hybridized carbons (Fsp3) is 0.667. The van der Waals surface area contributed by atoms with Gasteiger partial charge in [0, 0.05) is 28.2 Å². The second kappa shape index (κ2) is 3.80. The minimum absolute atomic E-state index is 0.663. The number of carbonyl (C=O) groups excluding carboxylic acids is 2. The van der Waals surface area contributed by atoms with Gasteiger partial charge in [0.15, 0.2) is 0 Å². The Labute approximate surface area is 65.5 Å². The first-order valence-electron chi connectivity index (χ1n) is 3.05. The third kappa shape index (κ3) is 3.44. The molecule has 0 aliphatic rings. The molecule has 0 aromatic carbocycles. The highest BCUT2D eigenvalue weighted by molar-refractivity contribution is 5.82. The lowest BCUT2D eigenvalue weighted by molar-refractivity contribution is 0.114. The average molecular weight is 160 g/mol. The van der Waals surface area contributed by atoms with Crippen LogP contribution in [0.4, 0.5) is 9.59 Å². The summed E-state index contributed by atoms with van der Waals surface area (Å²) < 4.78 is 4.35. The highest BCUT2D eigenvalue weighted by Gasteiger charge is 2.12. The summed E-state index contributed by atoms with van der Waals surface area (Å²) >= 11 is 0. The first kappa shape index (κ1) is 9.74. The summed E-state index contributed by atoms with van der Waals surface area (Å²) in [5, 5.41) is 0. The van der Waals surface area contributed by atoms with Crippen molar-refractivity contribution >= 4 is 12.2 Å². The van der Waals surface area contributed by atoms with Gasteiger partial charge in [-0.15, -0.1) is 0 Å². The minimum Gasteiger partial charge on any atom is -0.359 e. The third-order valence-electron chi connectivity index (χ3n) is 0.905. The predicted octanol–water partition coefficient (Wildman–Crippen LogP) is 0.366. The maximum atomic E-state index is 10.7. The van der Waals surface area contributed by atoms with Gasteiger partial charge in [0.2, 0.25) is 0 Å². The van der Waals surface area contributed by atoms with Gasteiger partial charge in [-0.3, -0.25) is 0 Å². The average Bonchev–Trinajstić information content (AvgIpc) is 1.87. The predicted molar refractivity (Wildman–Crippen MR) is 39.3 cm³/mol. The highest BCUT2D eigenvalue weighted by atomic mass is 16.6. The Bertz CT molecular complexity index is 147. The molecule has 0 atom stereocenters. The quantitative estimate of drug-likeness (QED) is 0.481. The smallest absolute Gasteiger partial charge is 0.359 e. The first-order chi connectivity index (χ1) is 4.95. The number of carbonyl (C=O) groups is 2. The molecule has 0 radical (unpaired) electrons. The van der Waals surface area contributed by atoms with Crippen molar-refractivity contribution in [1.82, 2.24) is 9.80 Å². The molecular weight excluding hydrogens is 148 g/mol. The maximum absolute atomic E-state index is 10.7. The summed E-state index contributed by atoms with van der Waals surface area (Å²) in [5.74, 6) is 0. The molecule has 2 amide bonds. The number of rotatable bonds is 0. The Balaban J connectivity index is 3.86. The van der Waals surface area contributed by atoms with Gasteiger partial charge in [0.1, 0.15) is 0 Å². The van der Waals surface area contributed by atoms with Gasteiger partial charge in [-0.25, -0.2) is 9.59 Å². The molecule has 64 valence electrons. The van der Waals surface area contributed by atoms with Crippen molar-refractivity contribution in [2.24, 2.45) is 0 Å². The van der Waals surface area contributed by atoms with E-state index in [9.17, 15) is 9.59 Å². The Morgan fingerprint density at radius 3 is 1.36 bits per heavy atom. The number of nitrogens with zero attached hydrogens (tertiary/aromatic N) is 2. The number of hydrogen-bond acceptors (Lipinski definition) is 3. The van der Waals surface area contributed by atoms with Gasteiger partial charge in [-0.2, -0.15) is 0 Å². The maximum Gasteiger partial charge on any atom is 0.418 e. The van der Waals surface area contributed by atoms with E-state index in [0.717, 1.165) is 0 Å². The fourth-order valence-corrected chi connectivity index (χ4v) is 0.257. The molecule has 0 N–H and O–H groups in total. The van der Waals surface area contributed by atoms with Crippen molar-refractivity contribution in [3.8, 4) is 0 Å². The van der Waals surface area contributed by atoms with Crippen LogP contribution in [0.25, 0.3) is 0 Å². The number of amides is 2. The van der Waals surface area contributed by atoms with Crippen LogP contribution in [0.3, 0.4) is 0 Å². The molecule has 5 nitrogen and oxygen atoms in total. The van der Waals surface area contributed by atoms with Crippen LogP contribution in [0.2, 0.25) is 0 Å². The van der Waals surface area contributed by atoms with Crippen molar-refractivity contribution in [1.29, 1.82) is 0 Å². The van der Waals surface area contributed by atoms with E-state index in [4.69, 9.17) is 0 Å². The molecule has 0 spiro atoms. The van der Waals surface area contributed by atoms with Crippen LogP contribution in [0.5, 0.6) is 0 Å². The van der Waals surface area contributed by atoms with Gasteiger partial charge < -0.3 is 14.5 Å². The van der Waals surface area contributed by atoms with E-state index in [1.807, 2.05) is 0 Å². The lowest BCUT2D eigenvalue weighted by Crippen LogP contribution is -2.31. The topological polar surface area (TPSA) is 49.9 Å². The lowest BCUT2D eigenvalue weighted by Gasteiger charge is -2.12. The van der Waals surface area contributed by atoms with Crippen LogP contribution in [-0.4, -0.2) is 50.2 Å². The summed E-state index contributed by atoms with van der Waals surface area (Å²) in [6.45, 7) is 0. The van der Waals surface area contributed by atoms with Gasteiger partial charge in [0.25, 0.3) is 0 Å². The molecule has 0 aliphatic carbocycles. The van der Waals surface area contributed by atoms with Crippen molar-refractivity contribution < 1.29 is 14.3 Å². The molecule has 0 rings (SSSR count). The first-order valence-corrected chi connectivity index (χ1v) is 3.05. The van der Waals surface area contributed by atoms with Crippen molar-refractivity contribution in [2.75, 3.05) is 28.2 Å². The molecule has 0 bridgehead atoms. The normalized spacial score (nSPS) is 8.73. The zero-order valence-electron chi connectivity index (χ0n) is 7.12. The molecular formula is C6H12N2O3. The van der Waals surface area contributed by atoms with Gasteiger partial charge in [-0.1, -0.05) is 0 Å². The number of hydrogen-bond donors (Lipinski definition) is 0. The van der Waals surface area contributed by atoms with Gasteiger partial charge in [-0.05, 0) is 0 Å². The van der Waals surface area contributed by atoms with E-state index in [2.05, 4.69) is 4.74 Å². The van der Waals surface area contributed by atoms with E-state index in [1.54, 1.807) is 0 Å². The Kier molecular flexibility index (Phi) is 3.36. The van der Waals surface area contributed by atoms with Crippen LogP contribution in [0.1, 0.15) is 0 Å². The Morgan fingerprint density at radius 2 is 1.18 bits per heavy atom. The second-order valence-corrected chi connectivity index (χ2v) is 2.42. The molecule has 0 saturated heterocycles. The van der Waals surface area contributed by atoms with Crippen LogP contribution < -0.4 is 0 Å². The Morgan fingerprint density at radius 1 is 0.909 bits per heavy atom. The van der Waals surface area contributed by atoms with Crippen LogP contribution >= 0.6 is 0 Å². The summed E-state index contributed by atoms with van der Waals surface area (Å²) in [5.41, 5.74) is 0. The zero-order valence-corrected chi connectivity index (χ0v) is 7.12. The van der Waals surface area contributed by atoms with Crippen LogP contribution in [0.15, 0.2) is 0 Å². The van der Waals surface area contributed by atoms with Crippen molar-refractivity contribution in [2.45, 2.75) is 0 Å². The molecule has 0 unspecified atom stereocenters. The third-order valence-corrected chi connectivity index (χ3v) is 0.905. The minimum atomic E-state index is -0.663. The monoisotopic (exact) mass is 160 g/mol. The van der Waals surface area contributed by atoms with Crippen LogP contribution in [-0.2, 0) is 4.74 Å². The van der Waals surface area contributed by atoms with Gasteiger partial charge in [0.05, 0.1) is 0 Å². The van der Waals surface area contributed by atoms with E-state index >= 15 is 0 Å². The lowest BCUT2D eigenvalue weighted by atomic mass is 10.8. The largest absolute Gasteiger partial charge is 0.418 e. The molecule has 0 aromatic heterocycles. The molecule has 11 heavy (non-hydrogen) atoms. The number of ether oxygens (including phenoxy) is 1. The highest BCUT2D eigenvalue weighted by Crippen LogP contribution is 1.90.